The second kappa shape index (κ2) is 6.47. The van der Waals surface area contributed by atoms with Crippen LogP contribution in [0.4, 0.5) is 0 Å². The number of amides is 1. The third kappa shape index (κ3) is 3.65. The highest BCUT2D eigenvalue weighted by atomic mass is 16.4. The molecular formula is C15H19NO5. The lowest BCUT2D eigenvalue weighted by Crippen LogP contribution is -2.37. The van der Waals surface area contributed by atoms with Gasteiger partial charge in [-0.1, -0.05) is 12.8 Å². The van der Waals surface area contributed by atoms with Crippen molar-refractivity contribution in [2.45, 2.75) is 25.7 Å². The molecule has 1 aromatic rings. The minimum absolute atomic E-state index is 0.0640. The molecule has 0 bridgehead atoms. The van der Waals surface area contributed by atoms with Crippen LogP contribution in [0.2, 0.25) is 0 Å². The first-order valence-corrected chi connectivity index (χ1v) is 7.02. The summed E-state index contributed by atoms with van der Waals surface area (Å²) >= 11 is 0. The predicted octanol–water partition coefficient (Wildman–Crippen LogP) is 1.72. The van der Waals surface area contributed by atoms with Gasteiger partial charge in [-0.25, -0.2) is 0 Å². The normalized spacial score (nSPS) is 21.7. The molecule has 0 aliphatic heterocycles. The third-order valence-electron chi connectivity index (χ3n) is 3.99. The number of hydrogen-bond donors (Lipinski definition) is 4. The van der Waals surface area contributed by atoms with Gasteiger partial charge in [-0.2, -0.15) is 0 Å². The van der Waals surface area contributed by atoms with Crippen LogP contribution in [0.25, 0.3) is 0 Å². The van der Waals surface area contributed by atoms with Crippen LogP contribution in [-0.4, -0.2) is 33.7 Å². The van der Waals surface area contributed by atoms with E-state index < -0.39 is 11.9 Å². The summed E-state index contributed by atoms with van der Waals surface area (Å²) < 4.78 is 0. The molecule has 0 radical (unpaired) electrons. The molecule has 6 nitrogen and oxygen atoms in total. The third-order valence-corrected chi connectivity index (χ3v) is 3.99. The number of carbonyl (C=O) groups excluding carboxylic acids is 1. The summed E-state index contributed by atoms with van der Waals surface area (Å²) in [5, 5.41) is 30.5. The number of carbonyl (C=O) groups is 2. The number of aromatic hydroxyl groups is 2. The second-order valence-electron chi connectivity index (χ2n) is 5.40. The minimum atomic E-state index is -0.809. The van der Waals surface area contributed by atoms with Gasteiger partial charge in [-0.15, -0.1) is 0 Å². The number of hydrogen-bond acceptors (Lipinski definition) is 4. The molecule has 0 heterocycles. The van der Waals surface area contributed by atoms with Crippen LogP contribution in [0.1, 0.15) is 36.0 Å². The van der Waals surface area contributed by atoms with Gasteiger partial charge in [0, 0.05) is 12.1 Å². The molecule has 114 valence electrons. The summed E-state index contributed by atoms with van der Waals surface area (Å²) in [6.07, 6.45) is 3.32. The van der Waals surface area contributed by atoms with E-state index in [0.29, 0.717) is 13.0 Å². The van der Waals surface area contributed by atoms with E-state index >= 15 is 0 Å². The van der Waals surface area contributed by atoms with E-state index in [1.54, 1.807) is 0 Å². The number of phenols is 2. The molecule has 1 aliphatic rings. The quantitative estimate of drug-likeness (QED) is 0.632. The summed E-state index contributed by atoms with van der Waals surface area (Å²) in [4.78, 5) is 23.2. The minimum Gasteiger partial charge on any atom is -0.504 e. The fraction of sp³-hybridized carbons (Fsp3) is 0.467. The van der Waals surface area contributed by atoms with Crippen LogP contribution in [0.5, 0.6) is 11.5 Å². The highest BCUT2D eigenvalue weighted by Gasteiger charge is 2.30. The second-order valence-corrected chi connectivity index (χ2v) is 5.40. The lowest BCUT2D eigenvalue weighted by atomic mass is 9.79. The summed E-state index contributed by atoms with van der Waals surface area (Å²) in [6, 6.07) is 3.82. The van der Waals surface area contributed by atoms with Crippen LogP contribution in [0.15, 0.2) is 18.2 Å². The van der Waals surface area contributed by atoms with Crippen molar-refractivity contribution < 1.29 is 24.9 Å². The molecule has 4 N–H and O–H groups in total. The number of phenolic OH excluding ortho intramolecular Hbond substituents is 2. The molecule has 2 rings (SSSR count). The Morgan fingerprint density at radius 3 is 2.52 bits per heavy atom. The Morgan fingerprint density at radius 2 is 1.86 bits per heavy atom. The van der Waals surface area contributed by atoms with E-state index in [-0.39, 0.29) is 28.9 Å². The molecule has 1 fully saturated rings. The van der Waals surface area contributed by atoms with Crippen molar-refractivity contribution in [3.05, 3.63) is 23.8 Å². The number of carboxylic acid groups (broad SMARTS) is 1. The van der Waals surface area contributed by atoms with E-state index in [2.05, 4.69) is 5.32 Å². The van der Waals surface area contributed by atoms with Gasteiger partial charge < -0.3 is 20.6 Å². The molecule has 1 aromatic carbocycles. The maximum Gasteiger partial charge on any atom is 0.306 e. The molecule has 21 heavy (non-hydrogen) atoms. The average molecular weight is 293 g/mol. The van der Waals surface area contributed by atoms with Crippen LogP contribution in [-0.2, 0) is 4.79 Å². The molecular weight excluding hydrogens is 274 g/mol. The molecule has 0 spiro atoms. The van der Waals surface area contributed by atoms with Crippen molar-refractivity contribution in [1.29, 1.82) is 0 Å². The van der Waals surface area contributed by atoms with Crippen molar-refractivity contribution in [2.24, 2.45) is 11.8 Å². The highest BCUT2D eigenvalue weighted by molar-refractivity contribution is 5.94. The Bertz CT molecular complexity index is 543. The van der Waals surface area contributed by atoms with Crippen molar-refractivity contribution in [3.63, 3.8) is 0 Å². The summed E-state index contributed by atoms with van der Waals surface area (Å²) in [7, 11) is 0. The molecule has 1 saturated carbocycles. The first-order chi connectivity index (χ1) is 9.99. The number of aliphatic carboxylic acids is 1. The standard InChI is InChI=1S/C15H19NO5/c17-12-6-5-9(7-13(12)18)14(19)16-8-10-3-1-2-4-11(10)15(20)21/h5-7,10-11,17-18H,1-4,8H2,(H,16,19)(H,20,21). The van der Waals surface area contributed by atoms with Crippen LogP contribution in [0.3, 0.4) is 0 Å². The van der Waals surface area contributed by atoms with Crippen LogP contribution in [0, 0.1) is 11.8 Å². The molecule has 2 unspecified atom stereocenters. The zero-order valence-electron chi connectivity index (χ0n) is 11.6. The largest absolute Gasteiger partial charge is 0.504 e. The Morgan fingerprint density at radius 1 is 1.14 bits per heavy atom. The van der Waals surface area contributed by atoms with Gasteiger partial charge in [0.05, 0.1) is 5.92 Å². The van der Waals surface area contributed by atoms with Gasteiger partial charge in [0.2, 0.25) is 0 Å². The SMILES string of the molecule is O=C(NCC1CCCCC1C(=O)O)c1ccc(O)c(O)c1. The monoisotopic (exact) mass is 293 g/mol. The van der Waals surface area contributed by atoms with Crippen molar-refractivity contribution in [1.82, 2.24) is 5.32 Å². The van der Waals surface area contributed by atoms with Gasteiger partial charge in [0.25, 0.3) is 5.91 Å². The zero-order chi connectivity index (χ0) is 15.4. The summed E-state index contributed by atoms with van der Waals surface area (Å²) in [6.45, 7) is 0.303. The molecule has 0 saturated heterocycles. The van der Waals surface area contributed by atoms with Gasteiger partial charge in [0.1, 0.15) is 0 Å². The van der Waals surface area contributed by atoms with Gasteiger partial charge in [-0.3, -0.25) is 9.59 Å². The summed E-state index contributed by atoms with van der Waals surface area (Å²) in [5.41, 5.74) is 0.230. The molecule has 1 amide bonds. The molecule has 0 aromatic heterocycles. The van der Waals surface area contributed by atoms with E-state index in [1.165, 1.54) is 18.2 Å². The zero-order valence-corrected chi connectivity index (χ0v) is 11.6. The lowest BCUT2D eigenvalue weighted by Gasteiger charge is -2.28. The number of rotatable bonds is 4. The van der Waals surface area contributed by atoms with E-state index in [1.807, 2.05) is 0 Å². The molecule has 1 aliphatic carbocycles. The fourth-order valence-corrected chi connectivity index (χ4v) is 2.77. The van der Waals surface area contributed by atoms with E-state index in [9.17, 15) is 24.9 Å². The Hall–Kier alpha value is -2.24. The van der Waals surface area contributed by atoms with Crippen LogP contribution < -0.4 is 5.32 Å². The maximum absolute atomic E-state index is 12.0. The maximum atomic E-state index is 12.0. The molecule has 6 heteroatoms. The van der Waals surface area contributed by atoms with Gasteiger partial charge >= 0.3 is 5.97 Å². The number of benzene rings is 1. The first-order valence-electron chi connectivity index (χ1n) is 7.02. The van der Waals surface area contributed by atoms with E-state index in [0.717, 1.165) is 19.3 Å². The molecule has 2 atom stereocenters. The smallest absolute Gasteiger partial charge is 0.306 e. The summed E-state index contributed by atoms with van der Waals surface area (Å²) in [5.74, 6) is -2.32. The lowest BCUT2D eigenvalue weighted by molar-refractivity contribution is -0.144. The van der Waals surface area contributed by atoms with Gasteiger partial charge in [-0.05, 0) is 37.0 Å². The number of carboxylic acids is 1. The predicted molar refractivity (Wildman–Crippen MR) is 75.2 cm³/mol. The Labute approximate surface area is 122 Å². The highest BCUT2D eigenvalue weighted by Crippen LogP contribution is 2.30. The van der Waals surface area contributed by atoms with Gasteiger partial charge in [0.15, 0.2) is 11.5 Å². The first kappa shape index (κ1) is 15.2. The Balaban J connectivity index is 1.96. The number of nitrogens with one attached hydrogen (secondary N) is 1. The van der Waals surface area contributed by atoms with Crippen molar-refractivity contribution in [3.8, 4) is 11.5 Å². The van der Waals surface area contributed by atoms with Crippen molar-refractivity contribution in [2.75, 3.05) is 6.54 Å². The average Bonchev–Trinajstić information content (AvgIpc) is 2.47. The fourth-order valence-electron chi connectivity index (χ4n) is 2.77. The van der Waals surface area contributed by atoms with Crippen LogP contribution >= 0.6 is 0 Å². The Kier molecular flexibility index (Phi) is 4.67. The topological polar surface area (TPSA) is 107 Å². The van der Waals surface area contributed by atoms with E-state index in [4.69, 9.17) is 0 Å². The van der Waals surface area contributed by atoms with Crippen molar-refractivity contribution >= 4 is 11.9 Å².